The van der Waals surface area contributed by atoms with Crippen molar-refractivity contribution < 1.29 is 9.53 Å². The minimum Gasteiger partial charge on any atom is -0.464 e. The van der Waals surface area contributed by atoms with Crippen LogP contribution in [0.5, 0.6) is 0 Å². The molecule has 2 N–H and O–H groups in total. The molecule has 20 heavy (non-hydrogen) atoms. The summed E-state index contributed by atoms with van der Waals surface area (Å²) < 4.78 is 7.02. The molecule has 0 aliphatic heterocycles. The molecule has 5 heteroatoms. The first-order chi connectivity index (χ1) is 9.63. The maximum atomic E-state index is 11.8. The molecule has 106 valence electrons. The molecule has 1 heterocycles. The van der Waals surface area contributed by atoms with Gasteiger partial charge in [-0.1, -0.05) is 37.7 Å². The third-order valence-corrected chi connectivity index (χ3v) is 3.36. The Labute approximate surface area is 123 Å². The number of thiocarbonyl (C=S) groups is 1. The zero-order valence-corrected chi connectivity index (χ0v) is 12.3. The third-order valence-electron chi connectivity index (χ3n) is 3.14. The summed E-state index contributed by atoms with van der Waals surface area (Å²) in [5, 5.41) is 0.960. The van der Waals surface area contributed by atoms with E-state index < -0.39 is 0 Å². The van der Waals surface area contributed by atoms with E-state index in [4.69, 9.17) is 22.7 Å². The summed E-state index contributed by atoms with van der Waals surface area (Å²) in [5.41, 5.74) is 7.46. The van der Waals surface area contributed by atoms with Crippen LogP contribution in [-0.2, 0) is 16.1 Å². The van der Waals surface area contributed by atoms with Crippen molar-refractivity contribution in [2.75, 3.05) is 6.61 Å². The second kappa shape index (κ2) is 6.52. The van der Waals surface area contributed by atoms with Crippen LogP contribution in [0.4, 0.5) is 0 Å². The maximum absolute atomic E-state index is 11.8. The van der Waals surface area contributed by atoms with Gasteiger partial charge < -0.3 is 15.0 Å². The van der Waals surface area contributed by atoms with Gasteiger partial charge in [-0.05, 0) is 18.6 Å². The van der Waals surface area contributed by atoms with Crippen LogP contribution in [0.3, 0.4) is 0 Å². The minimum atomic E-state index is -0.225. The highest BCUT2D eigenvalue weighted by Crippen LogP contribution is 2.20. The average Bonchev–Trinajstić information content (AvgIpc) is 2.82. The zero-order valence-electron chi connectivity index (χ0n) is 11.5. The van der Waals surface area contributed by atoms with Crippen molar-refractivity contribution in [1.82, 2.24) is 4.57 Å². The van der Waals surface area contributed by atoms with Crippen LogP contribution >= 0.6 is 12.2 Å². The summed E-state index contributed by atoms with van der Waals surface area (Å²) in [6.45, 7) is 2.74. The Kier molecular flexibility index (Phi) is 4.74. The number of aromatic nitrogens is 1. The highest BCUT2D eigenvalue weighted by molar-refractivity contribution is 7.80. The van der Waals surface area contributed by atoms with E-state index in [-0.39, 0.29) is 12.5 Å². The van der Waals surface area contributed by atoms with Gasteiger partial charge in [-0.25, -0.2) is 0 Å². The van der Waals surface area contributed by atoms with Crippen molar-refractivity contribution in [1.29, 1.82) is 0 Å². The maximum Gasteiger partial charge on any atom is 0.325 e. The van der Waals surface area contributed by atoms with Crippen molar-refractivity contribution >= 4 is 34.1 Å². The molecule has 0 aliphatic rings. The molecule has 4 nitrogen and oxygen atoms in total. The first-order valence-electron chi connectivity index (χ1n) is 6.66. The number of hydrogen-bond donors (Lipinski definition) is 1. The number of benzene rings is 1. The zero-order chi connectivity index (χ0) is 14.5. The van der Waals surface area contributed by atoms with Crippen LogP contribution < -0.4 is 5.73 Å². The van der Waals surface area contributed by atoms with E-state index in [1.54, 1.807) is 0 Å². The van der Waals surface area contributed by atoms with Gasteiger partial charge in [0.1, 0.15) is 11.5 Å². The molecule has 2 rings (SSSR count). The first-order valence-corrected chi connectivity index (χ1v) is 7.07. The normalized spacial score (nSPS) is 10.7. The number of nitrogens with two attached hydrogens (primary N) is 1. The summed E-state index contributed by atoms with van der Waals surface area (Å²) in [6, 6.07) is 7.63. The van der Waals surface area contributed by atoms with Gasteiger partial charge in [0.15, 0.2) is 0 Å². The van der Waals surface area contributed by atoms with Gasteiger partial charge in [-0.2, -0.15) is 0 Å². The van der Waals surface area contributed by atoms with Crippen LogP contribution in [0, 0.1) is 0 Å². The lowest BCUT2D eigenvalue weighted by atomic mass is 10.1. The molecule has 1 aromatic carbocycles. The standard InChI is InChI=1S/C15H18N2O2S/c1-2-3-9-19-14(18)10-17-8-7-11-12(15(16)20)5-4-6-13(11)17/h4-8H,2-3,9-10H2,1H3,(H2,16,20). The molecule has 0 atom stereocenters. The lowest BCUT2D eigenvalue weighted by molar-refractivity contribution is -0.144. The number of esters is 1. The number of rotatable bonds is 6. The van der Waals surface area contributed by atoms with E-state index in [0.29, 0.717) is 11.6 Å². The molecular formula is C15H18N2O2S. The summed E-state index contributed by atoms with van der Waals surface area (Å²) in [7, 11) is 0. The van der Waals surface area contributed by atoms with Gasteiger partial charge in [0.2, 0.25) is 0 Å². The molecule has 0 bridgehead atoms. The molecular weight excluding hydrogens is 272 g/mol. The van der Waals surface area contributed by atoms with E-state index in [1.165, 1.54) is 0 Å². The monoisotopic (exact) mass is 290 g/mol. The Morgan fingerprint density at radius 1 is 1.40 bits per heavy atom. The van der Waals surface area contributed by atoms with E-state index in [1.807, 2.05) is 35.0 Å². The van der Waals surface area contributed by atoms with Crippen molar-refractivity contribution in [2.45, 2.75) is 26.3 Å². The number of carbonyl (C=O) groups excluding carboxylic acids is 1. The molecule has 0 aliphatic carbocycles. The molecule has 2 aromatic rings. The van der Waals surface area contributed by atoms with Crippen LogP contribution in [0.25, 0.3) is 10.9 Å². The van der Waals surface area contributed by atoms with E-state index in [2.05, 4.69) is 6.92 Å². The lowest BCUT2D eigenvalue weighted by Crippen LogP contribution is -2.14. The Hall–Kier alpha value is -1.88. The number of ether oxygens (including phenoxy) is 1. The van der Waals surface area contributed by atoms with Crippen LogP contribution in [0.1, 0.15) is 25.3 Å². The van der Waals surface area contributed by atoms with Gasteiger partial charge in [0.05, 0.1) is 6.61 Å². The van der Waals surface area contributed by atoms with E-state index in [0.717, 1.165) is 29.3 Å². The molecule has 0 saturated heterocycles. The third kappa shape index (κ3) is 3.17. The van der Waals surface area contributed by atoms with Crippen LogP contribution in [0.2, 0.25) is 0 Å². The van der Waals surface area contributed by atoms with Crippen molar-refractivity contribution in [3.05, 3.63) is 36.0 Å². The fraction of sp³-hybridized carbons (Fsp3) is 0.333. The van der Waals surface area contributed by atoms with Crippen LogP contribution in [0.15, 0.2) is 30.5 Å². The molecule has 1 aromatic heterocycles. The van der Waals surface area contributed by atoms with E-state index in [9.17, 15) is 4.79 Å². The summed E-state index contributed by atoms with van der Waals surface area (Å²) in [6.07, 6.45) is 3.76. The number of fused-ring (bicyclic) bond motifs is 1. The molecule has 0 amide bonds. The van der Waals surface area contributed by atoms with Gasteiger partial charge in [0, 0.05) is 22.7 Å². The highest BCUT2D eigenvalue weighted by atomic mass is 32.1. The SMILES string of the molecule is CCCCOC(=O)Cn1ccc2c(C(N)=S)cccc21. The Bertz CT molecular complexity index is 634. The first kappa shape index (κ1) is 14.5. The Balaban J connectivity index is 2.17. The van der Waals surface area contributed by atoms with Crippen LogP contribution in [-0.4, -0.2) is 22.1 Å². The van der Waals surface area contributed by atoms with Gasteiger partial charge in [0.25, 0.3) is 0 Å². The smallest absolute Gasteiger partial charge is 0.325 e. The Morgan fingerprint density at radius 2 is 2.20 bits per heavy atom. The quantitative estimate of drug-likeness (QED) is 0.505. The molecule has 0 unspecified atom stereocenters. The second-order valence-electron chi connectivity index (χ2n) is 4.62. The fourth-order valence-electron chi connectivity index (χ4n) is 2.09. The molecule has 0 spiro atoms. The lowest BCUT2D eigenvalue weighted by Gasteiger charge is -2.07. The van der Waals surface area contributed by atoms with E-state index >= 15 is 0 Å². The summed E-state index contributed by atoms with van der Waals surface area (Å²) >= 11 is 5.03. The fourth-order valence-corrected chi connectivity index (χ4v) is 2.27. The topological polar surface area (TPSA) is 57.2 Å². The number of unbranched alkanes of at least 4 members (excludes halogenated alkanes) is 1. The van der Waals surface area contributed by atoms with Gasteiger partial charge in [-0.3, -0.25) is 4.79 Å². The number of hydrogen-bond acceptors (Lipinski definition) is 3. The molecule has 0 saturated carbocycles. The Morgan fingerprint density at radius 3 is 2.90 bits per heavy atom. The highest BCUT2D eigenvalue weighted by Gasteiger charge is 2.10. The largest absolute Gasteiger partial charge is 0.464 e. The predicted molar refractivity (Wildman–Crippen MR) is 83.7 cm³/mol. The minimum absolute atomic E-state index is 0.202. The molecule has 0 fully saturated rings. The number of nitrogens with zero attached hydrogens (tertiary/aromatic N) is 1. The van der Waals surface area contributed by atoms with Crippen molar-refractivity contribution in [2.24, 2.45) is 5.73 Å². The van der Waals surface area contributed by atoms with Gasteiger partial charge in [-0.15, -0.1) is 0 Å². The summed E-state index contributed by atoms with van der Waals surface area (Å²) in [4.78, 5) is 12.1. The van der Waals surface area contributed by atoms with Crippen molar-refractivity contribution in [3.63, 3.8) is 0 Å². The van der Waals surface area contributed by atoms with Gasteiger partial charge >= 0.3 is 5.97 Å². The average molecular weight is 290 g/mol. The predicted octanol–water partition coefficient (Wildman–Crippen LogP) is 2.62. The second-order valence-corrected chi connectivity index (χ2v) is 5.06. The summed E-state index contributed by atoms with van der Waals surface area (Å²) in [5.74, 6) is -0.225. The van der Waals surface area contributed by atoms with Crippen molar-refractivity contribution in [3.8, 4) is 0 Å². The molecule has 0 radical (unpaired) electrons. The number of carbonyl (C=O) groups is 1.